The van der Waals surface area contributed by atoms with E-state index in [9.17, 15) is 20.0 Å². The van der Waals surface area contributed by atoms with Crippen molar-refractivity contribution in [2.24, 2.45) is 5.41 Å². The minimum atomic E-state index is -1.47. The summed E-state index contributed by atoms with van der Waals surface area (Å²) in [5, 5.41) is 23.9. The third kappa shape index (κ3) is 6.69. The molecule has 2 N–H and O–H groups in total. The average Bonchev–Trinajstić information content (AvgIpc) is 2.68. The van der Waals surface area contributed by atoms with Crippen LogP contribution in [0.3, 0.4) is 0 Å². The van der Waals surface area contributed by atoms with Gasteiger partial charge in [-0.3, -0.25) is 9.59 Å². The molecule has 0 bridgehead atoms. The minimum absolute atomic E-state index is 0.286. The van der Waals surface area contributed by atoms with Crippen LogP contribution in [0.25, 0.3) is 0 Å². The maximum absolute atomic E-state index is 13.6. The first kappa shape index (κ1) is 30.7. The topological polar surface area (TPSA) is 99.5 Å². The lowest BCUT2D eigenvalue weighted by molar-refractivity contribution is -0.262. The van der Waals surface area contributed by atoms with Gasteiger partial charge in [0.25, 0.3) is 0 Å². The van der Waals surface area contributed by atoms with Crippen LogP contribution in [0.2, 0.25) is 0 Å². The van der Waals surface area contributed by atoms with Crippen LogP contribution in [0.15, 0.2) is 12.2 Å². The standard InChI is InChI=1S/C28H50N2O6/c1-19(2)13-12-14-28(11,22(31)35-20-15-24(3,4)29(33)25(5,6)16-20)23(32)36-21-17-26(7,8)30(34)27(9,10)18-21/h20-21,33-34H,1,12-18H2,2-11H3. The Morgan fingerprint density at radius 1 is 0.806 bits per heavy atom. The second kappa shape index (κ2) is 10.4. The van der Waals surface area contributed by atoms with E-state index >= 15 is 0 Å². The number of nitrogens with zero attached hydrogens (tertiary/aromatic N) is 2. The molecule has 0 amide bonds. The molecule has 208 valence electrons. The van der Waals surface area contributed by atoms with Gasteiger partial charge in [-0.25, -0.2) is 0 Å². The molecule has 2 aliphatic rings. The van der Waals surface area contributed by atoms with Crippen LogP contribution >= 0.6 is 0 Å². The van der Waals surface area contributed by atoms with Gasteiger partial charge in [-0.15, -0.1) is 6.58 Å². The molecular formula is C28H50N2O6. The Hall–Kier alpha value is -1.48. The summed E-state index contributed by atoms with van der Waals surface area (Å²) in [4.78, 5) is 27.3. The molecule has 0 aromatic carbocycles. The molecule has 0 unspecified atom stereocenters. The molecule has 0 atom stereocenters. The normalized spacial score (nSPS) is 24.8. The summed E-state index contributed by atoms with van der Waals surface area (Å²) < 4.78 is 12.0. The molecule has 8 nitrogen and oxygen atoms in total. The molecule has 2 saturated heterocycles. The number of esters is 2. The molecule has 8 heteroatoms. The lowest BCUT2D eigenvalue weighted by atomic mass is 9.79. The van der Waals surface area contributed by atoms with E-state index in [1.807, 2.05) is 62.3 Å². The Morgan fingerprint density at radius 3 is 1.39 bits per heavy atom. The Balaban J connectivity index is 2.25. The summed E-state index contributed by atoms with van der Waals surface area (Å²) in [6, 6.07) is 0. The summed E-state index contributed by atoms with van der Waals surface area (Å²) >= 11 is 0. The number of allylic oxidation sites excluding steroid dienone is 1. The van der Waals surface area contributed by atoms with Crippen LogP contribution in [0.5, 0.6) is 0 Å². The molecule has 2 rings (SSSR count). The van der Waals surface area contributed by atoms with Crippen molar-refractivity contribution in [1.82, 2.24) is 10.1 Å². The van der Waals surface area contributed by atoms with E-state index in [-0.39, 0.29) is 6.42 Å². The molecule has 2 heterocycles. The highest BCUT2D eigenvalue weighted by atomic mass is 16.6. The molecule has 0 aromatic heterocycles. The Labute approximate surface area is 217 Å². The fourth-order valence-electron chi connectivity index (χ4n) is 6.12. The van der Waals surface area contributed by atoms with Crippen LogP contribution < -0.4 is 0 Å². The van der Waals surface area contributed by atoms with Crippen LogP contribution in [0.1, 0.15) is 114 Å². The van der Waals surface area contributed by atoms with E-state index in [0.717, 1.165) is 5.57 Å². The van der Waals surface area contributed by atoms with Gasteiger partial charge in [0.1, 0.15) is 12.2 Å². The highest BCUT2D eigenvalue weighted by Gasteiger charge is 2.52. The van der Waals surface area contributed by atoms with Gasteiger partial charge in [-0.05, 0) is 88.5 Å². The van der Waals surface area contributed by atoms with E-state index in [2.05, 4.69) is 6.58 Å². The summed E-state index contributed by atoms with van der Waals surface area (Å²) in [6.07, 6.45) is 2.52. The fraction of sp³-hybridized carbons (Fsp3) is 0.857. The SMILES string of the molecule is C=C(C)CCCC(C)(C(=O)OC1CC(C)(C)N(O)C(C)(C)C1)C(=O)OC1CC(C)(C)N(O)C(C)(C)C1. The van der Waals surface area contributed by atoms with Crippen molar-refractivity contribution >= 4 is 11.9 Å². The van der Waals surface area contributed by atoms with Gasteiger partial charge < -0.3 is 19.9 Å². The lowest BCUT2D eigenvalue weighted by Crippen LogP contribution is -2.61. The van der Waals surface area contributed by atoms with Gasteiger partial charge >= 0.3 is 11.9 Å². The predicted molar refractivity (Wildman–Crippen MR) is 139 cm³/mol. The van der Waals surface area contributed by atoms with Gasteiger partial charge in [0.05, 0.1) is 0 Å². The number of piperidine rings is 2. The molecule has 0 aromatic rings. The van der Waals surface area contributed by atoms with Gasteiger partial charge in [-0.1, -0.05) is 5.57 Å². The molecule has 2 fully saturated rings. The summed E-state index contributed by atoms with van der Waals surface area (Å²) in [7, 11) is 0. The van der Waals surface area contributed by atoms with Gasteiger partial charge in [0.15, 0.2) is 5.41 Å². The molecule has 0 radical (unpaired) electrons. The Kier molecular flexibility index (Phi) is 8.84. The van der Waals surface area contributed by atoms with E-state index < -0.39 is 51.7 Å². The number of rotatable bonds is 8. The second-order valence-corrected chi connectivity index (χ2v) is 13.9. The van der Waals surface area contributed by atoms with Crippen LogP contribution in [-0.2, 0) is 19.1 Å². The molecule has 36 heavy (non-hydrogen) atoms. The monoisotopic (exact) mass is 510 g/mol. The van der Waals surface area contributed by atoms with Gasteiger partial charge in [-0.2, -0.15) is 10.1 Å². The third-order valence-corrected chi connectivity index (χ3v) is 7.93. The van der Waals surface area contributed by atoms with E-state index in [1.54, 1.807) is 6.92 Å². The highest BCUT2D eigenvalue weighted by Crippen LogP contribution is 2.41. The zero-order valence-electron chi connectivity index (χ0n) is 24.2. The minimum Gasteiger partial charge on any atom is -0.461 e. The zero-order valence-corrected chi connectivity index (χ0v) is 24.2. The molecule has 0 aliphatic carbocycles. The van der Waals surface area contributed by atoms with Crippen LogP contribution in [0.4, 0.5) is 0 Å². The number of hydroxylamine groups is 4. The Morgan fingerprint density at radius 2 is 1.11 bits per heavy atom. The smallest absolute Gasteiger partial charge is 0.323 e. The predicted octanol–water partition coefficient (Wildman–Crippen LogP) is 5.65. The van der Waals surface area contributed by atoms with Gasteiger partial charge in [0.2, 0.25) is 0 Å². The van der Waals surface area contributed by atoms with Crippen molar-refractivity contribution < 1.29 is 29.5 Å². The van der Waals surface area contributed by atoms with E-state index in [4.69, 9.17) is 9.47 Å². The average molecular weight is 511 g/mol. The number of carbonyl (C=O) groups excluding carboxylic acids is 2. The van der Waals surface area contributed by atoms with Gasteiger partial charge in [0, 0.05) is 47.8 Å². The first-order chi connectivity index (χ1) is 16.1. The molecule has 0 spiro atoms. The fourth-order valence-corrected chi connectivity index (χ4v) is 6.12. The lowest BCUT2D eigenvalue weighted by Gasteiger charge is -2.51. The van der Waals surface area contributed by atoms with E-state index in [1.165, 1.54) is 10.1 Å². The molecular weight excluding hydrogens is 460 g/mol. The van der Waals surface area contributed by atoms with Crippen molar-refractivity contribution in [2.45, 2.75) is 149 Å². The molecule has 0 saturated carbocycles. The second-order valence-electron chi connectivity index (χ2n) is 13.9. The van der Waals surface area contributed by atoms with Crippen molar-refractivity contribution in [3.63, 3.8) is 0 Å². The maximum atomic E-state index is 13.6. The zero-order chi connectivity index (χ0) is 27.9. The van der Waals surface area contributed by atoms with Crippen molar-refractivity contribution in [2.75, 3.05) is 0 Å². The van der Waals surface area contributed by atoms with Crippen molar-refractivity contribution in [3.05, 3.63) is 12.2 Å². The highest BCUT2D eigenvalue weighted by molar-refractivity contribution is 5.99. The molecule has 2 aliphatic heterocycles. The van der Waals surface area contributed by atoms with Crippen LogP contribution in [-0.4, -0.2) is 66.8 Å². The van der Waals surface area contributed by atoms with E-state index in [0.29, 0.717) is 38.5 Å². The maximum Gasteiger partial charge on any atom is 0.323 e. The summed E-state index contributed by atoms with van der Waals surface area (Å²) in [6.45, 7) is 22.8. The largest absolute Gasteiger partial charge is 0.461 e. The first-order valence-electron chi connectivity index (χ1n) is 13.2. The summed E-state index contributed by atoms with van der Waals surface area (Å²) in [5.41, 5.74) is -2.82. The Bertz CT molecular complexity index is 755. The number of hydrogen-bond acceptors (Lipinski definition) is 8. The summed E-state index contributed by atoms with van der Waals surface area (Å²) in [5.74, 6) is -1.18. The number of hydrogen-bond donors (Lipinski definition) is 2. The van der Waals surface area contributed by atoms with Crippen molar-refractivity contribution in [3.8, 4) is 0 Å². The number of ether oxygens (including phenoxy) is 2. The van der Waals surface area contributed by atoms with Crippen molar-refractivity contribution in [1.29, 1.82) is 0 Å². The van der Waals surface area contributed by atoms with Crippen LogP contribution in [0, 0.1) is 5.41 Å². The number of carbonyl (C=O) groups is 2. The quantitative estimate of drug-likeness (QED) is 0.246. The first-order valence-corrected chi connectivity index (χ1v) is 13.2. The third-order valence-electron chi connectivity index (χ3n) is 7.93.